The summed E-state index contributed by atoms with van der Waals surface area (Å²) in [6.45, 7) is 105. The quantitative estimate of drug-likeness (QED) is 0.0541. The Morgan fingerprint density at radius 2 is 0.207 bits per heavy atom. The summed E-state index contributed by atoms with van der Waals surface area (Å²) < 4.78 is 101. The summed E-state index contributed by atoms with van der Waals surface area (Å²) in [7, 11) is -60.4. The third-order valence-corrected chi connectivity index (χ3v) is 87.7. The Balaban J connectivity index is 2.26. The van der Waals surface area contributed by atoms with E-state index < -0.39 is 135 Å². The van der Waals surface area contributed by atoms with Crippen molar-refractivity contribution in [1.29, 1.82) is 0 Å². The second-order valence-corrected chi connectivity index (χ2v) is 80.8. The van der Waals surface area contributed by atoms with E-state index in [1.165, 1.54) is 0 Å². The fourth-order valence-corrected chi connectivity index (χ4v) is 90.1. The van der Waals surface area contributed by atoms with Crippen molar-refractivity contribution in [2.45, 2.75) is 96.7 Å². The maximum absolute atomic E-state index is 8.44. The molecule has 12 nitrogen and oxygen atoms in total. The second kappa shape index (κ2) is 31.5. The molecule has 6 rings (SSSR count). The molecule has 0 saturated carbocycles. The molecule has 8 bridgehead atoms. The topological polar surface area (TPSA) is 111 Å². The van der Waals surface area contributed by atoms with Crippen molar-refractivity contribution in [3.05, 3.63) is 295 Å². The Hall–Kier alpha value is -3.25. The van der Waals surface area contributed by atoms with Crippen LogP contribution in [0.1, 0.15) is 0 Å². The predicted molar refractivity (Wildman–Crippen MR) is 427 cm³/mol. The van der Waals surface area contributed by atoms with Gasteiger partial charge in [0.15, 0.2) is 0 Å². The lowest BCUT2D eigenvalue weighted by molar-refractivity contribution is -0.0286. The lowest BCUT2D eigenvalue weighted by Gasteiger charge is -2.64. The van der Waals surface area contributed by atoms with Gasteiger partial charge in [-0.1, -0.05) is 137 Å². The zero-order valence-electron chi connectivity index (χ0n) is 55.0. The van der Waals surface area contributed by atoms with Gasteiger partial charge < -0.3 is 49.4 Å². The van der Waals surface area contributed by atoms with E-state index in [9.17, 15) is 0 Å². The van der Waals surface area contributed by atoms with Gasteiger partial charge in [0.1, 0.15) is 64.6 Å². The predicted octanol–water partition coefficient (Wildman–Crippen LogP) is 16.8. The van der Waals surface area contributed by atoms with Gasteiger partial charge in [-0.25, -0.2) is 0 Å². The molecule has 92 heavy (non-hydrogen) atoms. The molecule has 0 aliphatic carbocycles. The largest absolute Gasteiger partial charge is 0.478 e. The van der Waals surface area contributed by atoms with Crippen molar-refractivity contribution in [2.24, 2.45) is 0 Å². The highest BCUT2D eigenvalue weighted by molar-refractivity contribution is 7.07. The fourth-order valence-electron chi connectivity index (χ4n) is 12.0. The molecule has 0 spiro atoms. The Bertz CT molecular complexity index is 2180. The molecule has 6 saturated heterocycles. The summed E-state index contributed by atoms with van der Waals surface area (Å²) in [5, 5.41) is 0. The lowest BCUT2D eigenvalue weighted by Crippen LogP contribution is -2.88. The van der Waals surface area contributed by atoms with Gasteiger partial charge in [0.25, 0.3) is 0 Å². The molecule has 0 N–H and O–H groups in total. The van der Waals surface area contributed by atoms with Gasteiger partial charge in [-0.3, -0.25) is 0 Å². The van der Waals surface area contributed by atoms with Crippen LogP contribution >= 0.6 is 0 Å². The minimum atomic E-state index is -4.72. The van der Waals surface area contributed by atoms with Gasteiger partial charge in [0, 0.05) is 48.4 Å². The number of hydrogen-bond donors (Lipinski definition) is 0. The zero-order valence-corrected chi connectivity index (χ0v) is 71.0. The molecule has 0 unspecified atom stereocenters. The van der Waals surface area contributed by atoms with E-state index in [4.69, 9.17) is 49.4 Å². The molecule has 0 atom stereocenters. The van der Waals surface area contributed by atoms with Crippen LogP contribution in [0.3, 0.4) is 0 Å². The first-order valence-corrected chi connectivity index (χ1v) is 66.3. The van der Waals surface area contributed by atoms with Crippen molar-refractivity contribution in [3.63, 3.8) is 0 Å². The molecule has 6 fully saturated rings. The van der Waals surface area contributed by atoms with Crippen LogP contribution in [0.2, 0.25) is 96.7 Å². The normalized spacial score (nSPS) is 28.7. The van der Waals surface area contributed by atoms with Crippen molar-refractivity contribution in [1.82, 2.24) is 0 Å². The first-order valence-electron chi connectivity index (χ1n) is 31.3. The molecule has 0 aromatic rings. The molecule has 0 radical (unpaired) electrons. The summed E-state index contributed by atoms with van der Waals surface area (Å²) in [6, 6.07) is 4.36. The van der Waals surface area contributed by atoms with Crippen molar-refractivity contribution in [3.8, 4) is 0 Å². The van der Waals surface area contributed by atoms with Crippen LogP contribution in [0.25, 0.3) is 0 Å². The highest BCUT2D eigenvalue weighted by atomic mass is 28.6. The Kier molecular flexibility index (Phi) is 27.2. The van der Waals surface area contributed by atoms with Crippen LogP contribution in [-0.2, 0) is 49.4 Å². The van der Waals surface area contributed by atoms with E-state index in [0.29, 0.717) is 48.4 Å². The summed E-state index contributed by atoms with van der Waals surface area (Å²) in [5.74, 6) is 0. The first kappa shape index (κ1) is 79.4. The summed E-state index contributed by atoms with van der Waals surface area (Å²) >= 11 is 0. The molecule has 496 valence electrons. The van der Waals surface area contributed by atoms with E-state index in [1.54, 1.807) is 0 Å². The average molecular weight is 1510 g/mol. The third-order valence-electron chi connectivity index (χ3n) is 19.8. The molecular formula is C64H104O12Si16. The highest BCUT2D eigenvalue weighted by Gasteiger charge is 2.83. The summed E-state index contributed by atoms with van der Waals surface area (Å²) in [5.41, 5.74) is 46.7. The maximum atomic E-state index is 8.44. The van der Waals surface area contributed by atoms with Crippen LogP contribution < -0.4 is 0 Å². The molecule has 0 amide bonds. The van der Waals surface area contributed by atoms with Gasteiger partial charge in [-0.15, -0.1) is 158 Å². The Morgan fingerprint density at radius 3 is 0.261 bits per heavy atom. The van der Waals surface area contributed by atoms with Gasteiger partial charge in [-0.2, -0.15) is 0 Å². The van der Waals surface area contributed by atoms with Gasteiger partial charge >= 0.3 is 70.4 Å². The van der Waals surface area contributed by atoms with E-state index in [0.717, 1.165) is 0 Å². The van der Waals surface area contributed by atoms with E-state index in [2.05, 4.69) is 158 Å². The molecule has 6 aliphatic heterocycles. The average Bonchev–Trinajstić information content (AvgIpc) is 0.686. The number of hydrogen-bond acceptors (Lipinski definition) is 12. The van der Waals surface area contributed by atoms with Crippen LogP contribution in [0, 0.1) is 0 Å². The van der Waals surface area contributed by atoms with Gasteiger partial charge in [0.05, 0.1) is 0 Å². The minimum absolute atomic E-state index is 0.134. The van der Waals surface area contributed by atoms with Crippen LogP contribution in [0.4, 0.5) is 0 Å². The van der Waals surface area contributed by atoms with E-state index in [1.807, 2.05) is 137 Å². The first-order chi connectivity index (χ1) is 43.6. The van der Waals surface area contributed by atoms with Crippen molar-refractivity contribution < 1.29 is 49.4 Å². The second-order valence-electron chi connectivity index (χ2n) is 24.5. The molecular weight excluding hydrogens is 1410 g/mol. The number of rotatable bonds is 48. The molecule has 0 aromatic heterocycles. The van der Waals surface area contributed by atoms with Crippen LogP contribution in [-0.4, -0.2) is 135 Å². The molecule has 6 heterocycles. The lowest BCUT2D eigenvalue weighted by atomic mass is 10.9. The van der Waals surface area contributed by atoms with Crippen molar-refractivity contribution >= 4 is 135 Å². The maximum Gasteiger partial charge on any atom is 0.478 e. The monoisotopic (exact) mass is 1510 g/mol. The van der Waals surface area contributed by atoms with E-state index in [-0.39, 0.29) is 48.4 Å². The van der Waals surface area contributed by atoms with Crippen LogP contribution in [0.5, 0.6) is 0 Å². The SMILES string of the molecule is C=C[Si](C=C)(C=C)CC[Si]12O[Si]3(CC[Si](C=C)(C=C)C=C)O[Si]4(CC[Si](C=C)(C=C)C=C)O[Si](CC[Si](C=C)(C=C)C=C)(O1)O[Si]1(CC[Si](C=C)(C=C)C=C)O[Si](CC[Si](C=C)(C=C)C=C)(O2)O[Si](CC[Si](C=C)(C=C)C=C)(O3)O[Si](CC[Si](C=C)(C=C)C=C)(O4)O1. The molecule has 28 heteroatoms. The van der Waals surface area contributed by atoms with E-state index >= 15 is 0 Å². The summed E-state index contributed by atoms with van der Waals surface area (Å²) in [4.78, 5) is 0. The van der Waals surface area contributed by atoms with Crippen molar-refractivity contribution in [2.75, 3.05) is 0 Å². The third kappa shape index (κ3) is 16.5. The van der Waals surface area contributed by atoms with Gasteiger partial charge in [-0.05, 0) is 48.4 Å². The van der Waals surface area contributed by atoms with Crippen LogP contribution in [0.15, 0.2) is 295 Å². The highest BCUT2D eigenvalue weighted by Crippen LogP contribution is 2.57. The standard InChI is InChI=1S/C64H104O12Si16/c1-25-77(26-2,27-3)49-57-85-65-86(58-50-78(28-4,29-5)30-6)68-89(61-53-81(37-13,38-14)39-15)70-87(66-85,59-51-79(31-7,32-8)33-9)72-91(63-55-83(43-19,44-20)45-21)73-88(67-85,60-52-80(34-10,35-11)36-12)71-90(69-86,62-54-82(40-16,41-17)42-18)75-92(74-89,76-91)64-56-84(46-22,47-23)48-24/h25-48H,1-24,49-64H2. The molecule has 0 aromatic carbocycles. The minimum Gasteiger partial charge on any atom is -0.373 e. The Morgan fingerprint density at radius 1 is 0.141 bits per heavy atom. The van der Waals surface area contributed by atoms with Gasteiger partial charge in [0.2, 0.25) is 0 Å². The Labute approximate surface area is 571 Å². The smallest absolute Gasteiger partial charge is 0.373 e. The summed E-state index contributed by atoms with van der Waals surface area (Å²) in [6.07, 6.45) is 0. The zero-order chi connectivity index (χ0) is 68.8. The fraction of sp³-hybridized carbons (Fsp3) is 0.250. The molecule has 6 aliphatic rings.